The van der Waals surface area contributed by atoms with Crippen molar-refractivity contribution in [3.05, 3.63) is 0 Å². The molecule has 1 N–H and O–H groups in total. The zero-order chi connectivity index (χ0) is 12.9. The Kier molecular flexibility index (Phi) is 5.73. The lowest BCUT2D eigenvalue weighted by Gasteiger charge is -2.29. The molecule has 0 bridgehead atoms. The number of nitrogens with one attached hydrogen (secondary N) is 1. The summed E-state index contributed by atoms with van der Waals surface area (Å²) < 4.78 is 42.6. The van der Waals surface area contributed by atoms with Crippen LogP contribution in [0.25, 0.3) is 0 Å². The molecule has 1 aliphatic carbocycles. The van der Waals surface area contributed by atoms with Gasteiger partial charge in [0.05, 0.1) is 6.10 Å². The molecule has 0 aromatic carbocycles. The molecule has 3 atom stereocenters. The zero-order valence-corrected chi connectivity index (χ0v) is 10.5. The molecule has 0 spiro atoms. The lowest BCUT2D eigenvalue weighted by atomic mass is 10.1. The fraction of sp³-hybridized carbons (Fsp3) is 1.00. The van der Waals surface area contributed by atoms with Gasteiger partial charge in [0.15, 0.2) is 6.10 Å². The minimum absolute atomic E-state index is 0.0623. The minimum Gasteiger partial charge on any atom is -0.364 e. The van der Waals surface area contributed by atoms with Crippen molar-refractivity contribution in [2.24, 2.45) is 0 Å². The highest BCUT2D eigenvalue weighted by Gasteiger charge is 2.39. The number of ether oxygens (including phenoxy) is 1. The number of rotatable bonds is 4. The summed E-state index contributed by atoms with van der Waals surface area (Å²) in [4.78, 5) is 0. The van der Waals surface area contributed by atoms with Crippen molar-refractivity contribution in [1.29, 1.82) is 0 Å². The predicted octanol–water partition coefficient (Wildman–Crippen LogP) is 3.26. The molecule has 0 heterocycles. The van der Waals surface area contributed by atoms with E-state index in [4.69, 9.17) is 4.74 Å². The smallest absolute Gasteiger partial charge is 0.364 e. The van der Waals surface area contributed by atoms with Gasteiger partial charge in [-0.3, -0.25) is 0 Å². The van der Waals surface area contributed by atoms with Gasteiger partial charge >= 0.3 is 6.18 Å². The Morgan fingerprint density at radius 2 is 1.88 bits per heavy atom. The van der Waals surface area contributed by atoms with Gasteiger partial charge in [0.1, 0.15) is 0 Å². The third-order valence-electron chi connectivity index (χ3n) is 3.26. The van der Waals surface area contributed by atoms with E-state index >= 15 is 0 Å². The van der Waals surface area contributed by atoms with Gasteiger partial charge in [0, 0.05) is 6.04 Å². The second-order valence-electron chi connectivity index (χ2n) is 4.66. The van der Waals surface area contributed by atoms with Crippen LogP contribution in [-0.4, -0.2) is 31.0 Å². The van der Waals surface area contributed by atoms with E-state index in [1.54, 1.807) is 0 Å². The highest BCUT2D eigenvalue weighted by atomic mass is 19.4. The van der Waals surface area contributed by atoms with Crippen molar-refractivity contribution in [2.45, 2.75) is 70.4 Å². The van der Waals surface area contributed by atoms with Crippen LogP contribution >= 0.6 is 0 Å². The first kappa shape index (κ1) is 14.8. The van der Waals surface area contributed by atoms with E-state index < -0.39 is 12.3 Å². The van der Waals surface area contributed by atoms with E-state index in [2.05, 4.69) is 5.32 Å². The number of alkyl halides is 3. The van der Waals surface area contributed by atoms with Crippen LogP contribution in [0, 0.1) is 0 Å². The maximum atomic E-state index is 12.5. The Morgan fingerprint density at radius 1 is 1.24 bits per heavy atom. The average molecular weight is 253 g/mol. The maximum Gasteiger partial charge on any atom is 0.414 e. The SMILES string of the molecule is CCNC1CCCCCC1OC(C)C(F)(F)F. The van der Waals surface area contributed by atoms with Crippen molar-refractivity contribution in [3.63, 3.8) is 0 Å². The van der Waals surface area contributed by atoms with Crippen LogP contribution in [0.15, 0.2) is 0 Å². The summed E-state index contributed by atoms with van der Waals surface area (Å²) in [5.41, 5.74) is 0. The number of hydrogen-bond acceptors (Lipinski definition) is 2. The Morgan fingerprint density at radius 3 is 2.47 bits per heavy atom. The van der Waals surface area contributed by atoms with Crippen molar-refractivity contribution in [3.8, 4) is 0 Å². The van der Waals surface area contributed by atoms with Gasteiger partial charge in [-0.1, -0.05) is 26.2 Å². The van der Waals surface area contributed by atoms with Crippen molar-refractivity contribution in [2.75, 3.05) is 6.54 Å². The summed E-state index contributed by atoms with van der Waals surface area (Å²) in [5, 5.41) is 3.24. The Bertz CT molecular complexity index is 220. The van der Waals surface area contributed by atoms with E-state index in [1.165, 1.54) is 0 Å². The van der Waals surface area contributed by atoms with Gasteiger partial charge < -0.3 is 10.1 Å². The van der Waals surface area contributed by atoms with Crippen LogP contribution < -0.4 is 5.32 Å². The normalized spacial score (nSPS) is 28.8. The van der Waals surface area contributed by atoms with E-state index in [-0.39, 0.29) is 12.1 Å². The quantitative estimate of drug-likeness (QED) is 0.776. The summed E-state index contributed by atoms with van der Waals surface area (Å²) in [5.74, 6) is 0. The van der Waals surface area contributed by atoms with Crippen molar-refractivity contribution < 1.29 is 17.9 Å². The van der Waals surface area contributed by atoms with Gasteiger partial charge in [-0.05, 0) is 26.3 Å². The lowest BCUT2D eigenvalue weighted by Crippen LogP contribution is -2.44. The van der Waals surface area contributed by atoms with E-state index in [9.17, 15) is 13.2 Å². The second kappa shape index (κ2) is 6.59. The fourth-order valence-electron chi connectivity index (χ4n) is 2.27. The maximum absolute atomic E-state index is 12.5. The Labute approximate surface area is 101 Å². The molecule has 0 amide bonds. The second-order valence-corrected chi connectivity index (χ2v) is 4.66. The van der Waals surface area contributed by atoms with Gasteiger partial charge in [0.2, 0.25) is 0 Å². The molecule has 0 aromatic heterocycles. The van der Waals surface area contributed by atoms with Gasteiger partial charge in [-0.25, -0.2) is 0 Å². The highest BCUT2D eigenvalue weighted by Crippen LogP contribution is 2.28. The molecule has 1 aliphatic rings. The van der Waals surface area contributed by atoms with Crippen LogP contribution in [0.5, 0.6) is 0 Å². The summed E-state index contributed by atoms with van der Waals surface area (Å²) in [6.07, 6.45) is -1.51. The summed E-state index contributed by atoms with van der Waals surface area (Å²) in [6.45, 7) is 3.83. The molecule has 2 nitrogen and oxygen atoms in total. The Balaban J connectivity index is 2.57. The van der Waals surface area contributed by atoms with E-state index in [0.717, 1.165) is 45.6 Å². The molecular formula is C12H22F3NO. The lowest BCUT2D eigenvalue weighted by molar-refractivity contribution is -0.229. The number of hydrogen-bond donors (Lipinski definition) is 1. The molecule has 0 aromatic rings. The van der Waals surface area contributed by atoms with Gasteiger partial charge in [0.25, 0.3) is 0 Å². The molecule has 0 aliphatic heterocycles. The molecule has 1 rings (SSSR count). The third-order valence-corrected chi connectivity index (χ3v) is 3.26. The molecule has 0 saturated heterocycles. The third kappa shape index (κ3) is 4.84. The molecule has 0 radical (unpaired) electrons. The summed E-state index contributed by atoms with van der Waals surface area (Å²) in [7, 11) is 0. The van der Waals surface area contributed by atoms with Crippen molar-refractivity contribution in [1.82, 2.24) is 5.32 Å². The van der Waals surface area contributed by atoms with E-state index in [1.807, 2.05) is 6.92 Å². The molecular weight excluding hydrogens is 231 g/mol. The predicted molar refractivity (Wildman–Crippen MR) is 60.9 cm³/mol. The van der Waals surface area contributed by atoms with Gasteiger partial charge in [-0.15, -0.1) is 0 Å². The largest absolute Gasteiger partial charge is 0.414 e. The minimum atomic E-state index is -4.26. The van der Waals surface area contributed by atoms with Crippen LogP contribution in [0.4, 0.5) is 13.2 Å². The fourth-order valence-corrected chi connectivity index (χ4v) is 2.27. The first-order valence-corrected chi connectivity index (χ1v) is 6.40. The molecule has 5 heteroatoms. The van der Waals surface area contributed by atoms with Crippen molar-refractivity contribution >= 4 is 0 Å². The van der Waals surface area contributed by atoms with Crippen LogP contribution in [0.1, 0.15) is 46.0 Å². The van der Waals surface area contributed by atoms with Crippen LogP contribution in [0.2, 0.25) is 0 Å². The Hall–Kier alpha value is -0.290. The monoisotopic (exact) mass is 253 g/mol. The standard InChI is InChI=1S/C12H22F3NO/c1-3-16-10-7-5-4-6-8-11(10)17-9(2)12(13,14)15/h9-11,16H,3-8H2,1-2H3. The zero-order valence-electron chi connectivity index (χ0n) is 10.5. The molecule has 1 saturated carbocycles. The van der Waals surface area contributed by atoms with Crippen LogP contribution in [0.3, 0.4) is 0 Å². The first-order chi connectivity index (χ1) is 7.95. The van der Waals surface area contributed by atoms with E-state index in [0.29, 0.717) is 0 Å². The summed E-state index contributed by atoms with van der Waals surface area (Å²) >= 11 is 0. The molecule has 17 heavy (non-hydrogen) atoms. The average Bonchev–Trinajstić information content (AvgIpc) is 2.44. The topological polar surface area (TPSA) is 21.3 Å². The van der Waals surface area contributed by atoms with Crippen LogP contribution in [-0.2, 0) is 4.74 Å². The molecule has 1 fully saturated rings. The molecule has 102 valence electrons. The first-order valence-electron chi connectivity index (χ1n) is 6.40. The number of halogens is 3. The highest BCUT2D eigenvalue weighted by molar-refractivity contribution is 4.81. The van der Waals surface area contributed by atoms with Gasteiger partial charge in [-0.2, -0.15) is 13.2 Å². The number of likely N-dealkylation sites (N-methyl/N-ethyl adjacent to an activating group) is 1. The summed E-state index contributed by atoms with van der Waals surface area (Å²) in [6, 6.07) is 0.0623. The molecule has 3 unspecified atom stereocenters.